The van der Waals surface area contributed by atoms with Gasteiger partial charge in [0.15, 0.2) is 0 Å². The molecule has 0 aliphatic rings. The average molecular weight is 305 g/mol. The van der Waals surface area contributed by atoms with Gasteiger partial charge in [-0.25, -0.2) is 4.98 Å². The van der Waals surface area contributed by atoms with Crippen LogP contribution in [0.1, 0.15) is 18.1 Å². The highest BCUT2D eigenvalue weighted by molar-refractivity contribution is 5.33. The van der Waals surface area contributed by atoms with Crippen LogP contribution < -0.4 is 9.47 Å². The van der Waals surface area contributed by atoms with Crippen molar-refractivity contribution in [1.29, 1.82) is 0 Å². The zero-order valence-corrected chi connectivity index (χ0v) is 13.1. The Kier molecular flexibility index (Phi) is 4.89. The van der Waals surface area contributed by atoms with Crippen molar-refractivity contribution < 1.29 is 9.47 Å². The summed E-state index contributed by atoms with van der Waals surface area (Å²) in [6.45, 7) is 2.64. The fraction of sp³-hybridized carbons (Fsp3) is 0.150. The zero-order valence-electron chi connectivity index (χ0n) is 13.1. The van der Waals surface area contributed by atoms with E-state index < -0.39 is 0 Å². The number of pyridine rings is 1. The molecule has 0 amide bonds. The average Bonchev–Trinajstić information content (AvgIpc) is 2.63. The van der Waals surface area contributed by atoms with Crippen LogP contribution in [-0.2, 0) is 13.0 Å². The Morgan fingerprint density at radius 2 is 1.52 bits per heavy atom. The summed E-state index contributed by atoms with van der Waals surface area (Å²) in [7, 11) is 0. The summed E-state index contributed by atoms with van der Waals surface area (Å²) in [5.41, 5.74) is 2.41. The molecule has 0 spiro atoms. The van der Waals surface area contributed by atoms with Gasteiger partial charge in [-0.1, -0.05) is 49.4 Å². The molecule has 1 aromatic heterocycles. The number of benzene rings is 2. The van der Waals surface area contributed by atoms with Crippen LogP contribution in [0.15, 0.2) is 72.9 Å². The molecule has 0 saturated carbocycles. The minimum absolute atomic E-state index is 0.506. The van der Waals surface area contributed by atoms with E-state index >= 15 is 0 Å². The minimum atomic E-state index is 0.506. The third-order valence-corrected chi connectivity index (χ3v) is 3.51. The molecule has 3 aromatic rings. The van der Waals surface area contributed by atoms with Gasteiger partial charge in [-0.3, -0.25) is 0 Å². The van der Waals surface area contributed by atoms with E-state index in [2.05, 4.69) is 24.0 Å². The largest absolute Gasteiger partial charge is 0.473 e. The first-order valence-electron chi connectivity index (χ1n) is 7.73. The summed E-state index contributed by atoms with van der Waals surface area (Å²) in [4.78, 5) is 4.28. The van der Waals surface area contributed by atoms with Crippen LogP contribution in [0.5, 0.6) is 17.4 Å². The lowest BCUT2D eigenvalue weighted by molar-refractivity contribution is 0.293. The third kappa shape index (κ3) is 4.33. The molecule has 3 heteroatoms. The fourth-order valence-electron chi connectivity index (χ4n) is 2.17. The highest BCUT2D eigenvalue weighted by Gasteiger charge is 2.01. The van der Waals surface area contributed by atoms with Gasteiger partial charge in [0.25, 0.3) is 0 Å². The first-order valence-corrected chi connectivity index (χ1v) is 7.73. The second-order valence-corrected chi connectivity index (χ2v) is 5.21. The van der Waals surface area contributed by atoms with E-state index in [1.165, 1.54) is 5.56 Å². The Labute approximate surface area is 136 Å². The molecular formula is C20H19NO2. The standard InChI is InChI=1S/C20H19NO2/c1-2-16-8-10-18(11-9-16)23-19-12-13-20(21-14-19)22-15-17-6-4-3-5-7-17/h3-14H,2,15H2,1H3. The van der Waals surface area contributed by atoms with E-state index in [1.54, 1.807) is 6.20 Å². The lowest BCUT2D eigenvalue weighted by Crippen LogP contribution is -1.96. The Morgan fingerprint density at radius 3 is 2.17 bits per heavy atom. The monoisotopic (exact) mass is 305 g/mol. The molecular weight excluding hydrogens is 286 g/mol. The van der Waals surface area contributed by atoms with Gasteiger partial charge in [-0.15, -0.1) is 0 Å². The zero-order chi connectivity index (χ0) is 15.9. The van der Waals surface area contributed by atoms with E-state index in [9.17, 15) is 0 Å². The van der Waals surface area contributed by atoms with Crippen LogP contribution in [0.2, 0.25) is 0 Å². The molecule has 116 valence electrons. The molecule has 3 nitrogen and oxygen atoms in total. The Hall–Kier alpha value is -2.81. The van der Waals surface area contributed by atoms with Crippen LogP contribution in [0.25, 0.3) is 0 Å². The Balaban J connectivity index is 1.58. The van der Waals surface area contributed by atoms with Gasteiger partial charge in [0.1, 0.15) is 18.1 Å². The number of aryl methyl sites for hydroxylation is 1. The molecule has 3 rings (SSSR count). The predicted molar refractivity (Wildman–Crippen MR) is 90.9 cm³/mol. The van der Waals surface area contributed by atoms with Crippen molar-refractivity contribution in [2.24, 2.45) is 0 Å². The number of nitrogens with zero attached hydrogens (tertiary/aromatic N) is 1. The van der Waals surface area contributed by atoms with Crippen LogP contribution in [-0.4, -0.2) is 4.98 Å². The summed E-state index contributed by atoms with van der Waals surface area (Å²) < 4.78 is 11.4. The number of ether oxygens (including phenoxy) is 2. The third-order valence-electron chi connectivity index (χ3n) is 3.51. The first kappa shape index (κ1) is 15.1. The second-order valence-electron chi connectivity index (χ2n) is 5.21. The van der Waals surface area contributed by atoms with E-state index in [4.69, 9.17) is 9.47 Å². The maximum absolute atomic E-state index is 5.78. The summed E-state index contributed by atoms with van der Waals surface area (Å²) in [6.07, 6.45) is 2.70. The van der Waals surface area contributed by atoms with Crippen LogP contribution >= 0.6 is 0 Å². The summed E-state index contributed by atoms with van der Waals surface area (Å²) in [5.74, 6) is 2.09. The molecule has 0 bridgehead atoms. The molecule has 23 heavy (non-hydrogen) atoms. The van der Waals surface area contributed by atoms with Gasteiger partial charge < -0.3 is 9.47 Å². The van der Waals surface area contributed by atoms with E-state index in [0.29, 0.717) is 18.2 Å². The van der Waals surface area contributed by atoms with Crippen molar-refractivity contribution in [1.82, 2.24) is 4.98 Å². The lowest BCUT2D eigenvalue weighted by Gasteiger charge is -2.08. The number of hydrogen-bond donors (Lipinski definition) is 0. The van der Waals surface area contributed by atoms with Crippen LogP contribution in [0.3, 0.4) is 0 Å². The number of aromatic nitrogens is 1. The van der Waals surface area contributed by atoms with Crippen molar-refractivity contribution in [2.45, 2.75) is 20.0 Å². The van der Waals surface area contributed by atoms with Crippen LogP contribution in [0.4, 0.5) is 0 Å². The molecule has 1 heterocycles. The molecule has 2 aromatic carbocycles. The van der Waals surface area contributed by atoms with Gasteiger partial charge in [-0.2, -0.15) is 0 Å². The minimum Gasteiger partial charge on any atom is -0.473 e. The van der Waals surface area contributed by atoms with Gasteiger partial charge in [0.05, 0.1) is 6.20 Å². The normalized spacial score (nSPS) is 10.3. The van der Waals surface area contributed by atoms with E-state index in [1.807, 2.05) is 54.6 Å². The van der Waals surface area contributed by atoms with Crippen molar-refractivity contribution in [3.05, 3.63) is 84.1 Å². The molecule has 0 N–H and O–H groups in total. The SMILES string of the molecule is CCc1ccc(Oc2ccc(OCc3ccccc3)nc2)cc1. The van der Waals surface area contributed by atoms with Crippen molar-refractivity contribution in [2.75, 3.05) is 0 Å². The lowest BCUT2D eigenvalue weighted by atomic mass is 10.2. The van der Waals surface area contributed by atoms with Crippen molar-refractivity contribution in [3.63, 3.8) is 0 Å². The highest BCUT2D eigenvalue weighted by Crippen LogP contribution is 2.22. The van der Waals surface area contributed by atoms with E-state index in [0.717, 1.165) is 17.7 Å². The Bertz CT molecular complexity index is 722. The molecule has 0 aliphatic carbocycles. The topological polar surface area (TPSA) is 31.4 Å². The molecule has 0 radical (unpaired) electrons. The quantitative estimate of drug-likeness (QED) is 0.641. The Morgan fingerprint density at radius 1 is 0.783 bits per heavy atom. The van der Waals surface area contributed by atoms with Crippen molar-refractivity contribution in [3.8, 4) is 17.4 Å². The molecule has 0 saturated heterocycles. The number of hydrogen-bond acceptors (Lipinski definition) is 3. The molecule has 0 fully saturated rings. The second kappa shape index (κ2) is 7.45. The highest BCUT2D eigenvalue weighted by atomic mass is 16.5. The van der Waals surface area contributed by atoms with Gasteiger partial charge in [-0.05, 0) is 35.7 Å². The maximum atomic E-state index is 5.78. The van der Waals surface area contributed by atoms with Crippen LogP contribution in [0, 0.1) is 0 Å². The van der Waals surface area contributed by atoms with Gasteiger partial charge in [0, 0.05) is 6.07 Å². The van der Waals surface area contributed by atoms with Crippen molar-refractivity contribution >= 4 is 0 Å². The smallest absolute Gasteiger partial charge is 0.213 e. The first-order chi connectivity index (χ1) is 11.3. The predicted octanol–water partition coefficient (Wildman–Crippen LogP) is 5.02. The summed E-state index contributed by atoms with van der Waals surface area (Å²) in [5, 5.41) is 0. The van der Waals surface area contributed by atoms with Gasteiger partial charge >= 0.3 is 0 Å². The summed E-state index contributed by atoms with van der Waals surface area (Å²) >= 11 is 0. The van der Waals surface area contributed by atoms with Gasteiger partial charge in [0.2, 0.25) is 5.88 Å². The number of rotatable bonds is 6. The maximum Gasteiger partial charge on any atom is 0.213 e. The van der Waals surface area contributed by atoms with E-state index in [-0.39, 0.29) is 0 Å². The molecule has 0 atom stereocenters. The fourth-order valence-corrected chi connectivity index (χ4v) is 2.17. The molecule has 0 aliphatic heterocycles. The molecule has 0 unspecified atom stereocenters. The summed E-state index contributed by atoms with van der Waals surface area (Å²) in [6, 6.07) is 21.8.